The molecule has 0 aromatic heterocycles. The SMILES string of the molecule is Cc1cc2c(cc1C=C1C(=O)c3ccccc3C1=O)C(C)CC(C)(C)N2C(C)C. The van der Waals surface area contributed by atoms with Crippen molar-refractivity contribution in [3.05, 3.63) is 69.8 Å². The highest BCUT2D eigenvalue weighted by molar-refractivity contribution is 6.41. The molecule has 4 rings (SSSR count). The monoisotopic (exact) mass is 387 g/mol. The summed E-state index contributed by atoms with van der Waals surface area (Å²) >= 11 is 0. The molecule has 1 unspecified atom stereocenters. The molecule has 2 aromatic carbocycles. The van der Waals surface area contributed by atoms with Crippen LogP contribution >= 0.6 is 0 Å². The molecule has 29 heavy (non-hydrogen) atoms. The standard InChI is InChI=1S/C26H29NO2/c1-15(2)27-23-11-16(3)18(12-21(23)17(4)14-26(27,5)6)13-22-24(28)19-9-7-8-10-20(19)25(22)29/h7-13,15,17H,14H2,1-6H3. The highest BCUT2D eigenvalue weighted by atomic mass is 16.2. The van der Waals surface area contributed by atoms with Crippen LogP contribution in [0.25, 0.3) is 6.08 Å². The van der Waals surface area contributed by atoms with Crippen LogP contribution in [0.15, 0.2) is 42.0 Å². The number of Topliss-reactive ketones (excluding diaryl/α,β-unsaturated/α-hetero) is 2. The van der Waals surface area contributed by atoms with Gasteiger partial charge >= 0.3 is 0 Å². The van der Waals surface area contributed by atoms with Crippen molar-refractivity contribution in [2.45, 2.75) is 65.5 Å². The van der Waals surface area contributed by atoms with Gasteiger partial charge in [-0.2, -0.15) is 0 Å². The van der Waals surface area contributed by atoms with E-state index < -0.39 is 0 Å². The second kappa shape index (κ2) is 6.69. The Hall–Kier alpha value is -2.68. The van der Waals surface area contributed by atoms with Crippen LogP contribution in [0.1, 0.15) is 84.4 Å². The molecule has 0 amide bonds. The maximum atomic E-state index is 12.8. The number of hydrogen-bond acceptors (Lipinski definition) is 3. The Morgan fingerprint density at radius 2 is 1.66 bits per heavy atom. The van der Waals surface area contributed by atoms with Gasteiger partial charge in [0.2, 0.25) is 0 Å². The largest absolute Gasteiger partial charge is 0.364 e. The lowest BCUT2D eigenvalue weighted by atomic mass is 9.78. The van der Waals surface area contributed by atoms with Gasteiger partial charge in [0.1, 0.15) is 0 Å². The number of allylic oxidation sites excluding steroid dienone is 1. The molecule has 0 N–H and O–H groups in total. The number of nitrogens with zero attached hydrogens (tertiary/aromatic N) is 1. The maximum absolute atomic E-state index is 12.8. The molecule has 3 heteroatoms. The molecule has 0 fully saturated rings. The van der Waals surface area contributed by atoms with Gasteiger partial charge in [0.15, 0.2) is 11.6 Å². The summed E-state index contributed by atoms with van der Waals surface area (Å²) in [6.45, 7) is 13.4. The first-order chi connectivity index (χ1) is 13.6. The zero-order chi connectivity index (χ0) is 21.1. The number of fused-ring (bicyclic) bond motifs is 2. The number of hydrogen-bond donors (Lipinski definition) is 0. The molecule has 0 spiro atoms. The van der Waals surface area contributed by atoms with Gasteiger partial charge in [-0.05, 0) is 81.9 Å². The van der Waals surface area contributed by atoms with Gasteiger partial charge in [-0.3, -0.25) is 9.59 Å². The molecule has 0 bridgehead atoms. The third kappa shape index (κ3) is 3.04. The molecule has 2 aromatic rings. The summed E-state index contributed by atoms with van der Waals surface area (Å²) in [7, 11) is 0. The number of carbonyl (C=O) groups is 2. The molecule has 1 aliphatic heterocycles. The van der Waals surface area contributed by atoms with E-state index >= 15 is 0 Å². The van der Waals surface area contributed by atoms with Crippen molar-refractivity contribution < 1.29 is 9.59 Å². The van der Waals surface area contributed by atoms with Crippen molar-refractivity contribution in [1.82, 2.24) is 0 Å². The molecule has 0 saturated heterocycles. The predicted molar refractivity (Wildman–Crippen MR) is 119 cm³/mol. The van der Waals surface area contributed by atoms with Crippen LogP contribution in [0.2, 0.25) is 0 Å². The highest BCUT2D eigenvalue weighted by Gasteiger charge is 2.38. The first kappa shape index (κ1) is 19.6. The zero-order valence-electron chi connectivity index (χ0n) is 18.2. The number of benzene rings is 2. The Morgan fingerprint density at radius 3 is 2.21 bits per heavy atom. The van der Waals surface area contributed by atoms with Gasteiger partial charge in [0.05, 0.1) is 5.57 Å². The average molecular weight is 388 g/mol. The molecule has 150 valence electrons. The summed E-state index contributed by atoms with van der Waals surface area (Å²) in [5.74, 6) is 0.0846. The number of ketones is 2. The van der Waals surface area contributed by atoms with Crippen LogP contribution in [0.5, 0.6) is 0 Å². The predicted octanol–water partition coefficient (Wildman–Crippen LogP) is 5.96. The van der Waals surface area contributed by atoms with Gasteiger partial charge in [-0.15, -0.1) is 0 Å². The molecule has 1 heterocycles. The van der Waals surface area contributed by atoms with E-state index in [0.29, 0.717) is 23.1 Å². The van der Waals surface area contributed by atoms with Crippen molar-refractivity contribution in [1.29, 1.82) is 0 Å². The molecular formula is C26H29NO2. The fraction of sp³-hybridized carbons (Fsp3) is 0.385. The second-order valence-electron chi connectivity index (χ2n) is 9.41. The van der Waals surface area contributed by atoms with Crippen LogP contribution in [0.3, 0.4) is 0 Å². The lowest BCUT2D eigenvalue weighted by Gasteiger charge is -2.50. The molecular weight excluding hydrogens is 358 g/mol. The summed E-state index contributed by atoms with van der Waals surface area (Å²) in [4.78, 5) is 28.1. The summed E-state index contributed by atoms with van der Waals surface area (Å²) in [6.07, 6.45) is 2.87. The number of rotatable bonds is 2. The highest BCUT2D eigenvalue weighted by Crippen LogP contribution is 2.45. The van der Waals surface area contributed by atoms with Crippen LogP contribution < -0.4 is 4.90 Å². The molecule has 0 radical (unpaired) electrons. The average Bonchev–Trinajstić information content (AvgIpc) is 2.87. The maximum Gasteiger partial charge on any atom is 0.197 e. The van der Waals surface area contributed by atoms with Gasteiger partial charge in [-0.25, -0.2) is 0 Å². The first-order valence-corrected chi connectivity index (χ1v) is 10.5. The van der Waals surface area contributed by atoms with Gasteiger partial charge in [0, 0.05) is 28.4 Å². The number of anilines is 1. The van der Waals surface area contributed by atoms with Gasteiger partial charge in [-0.1, -0.05) is 31.2 Å². The Morgan fingerprint density at radius 1 is 1.07 bits per heavy atom. The van der Waals surface area contributed by atoms with Crippen LogP contribution in [-0.2, 0) is 0 Å². The molecule has 1 aliphatic carbocycles. The topological polar surface area (TPSA) is 37.4 Å². The van der Waals surface area contributed by atoms with Crippen LogP contribution in [0.4, 0.5) is 5.69 Å². The summed E-state index contributed by atoms with van der Waals surface area (Å²) in [5.41, 5.74) is 6.01. The van der Waals surface area contributed by atoms with E-state index in [0.717, 1.165) is 17.5 Å². The lowest BCUT2D eigenvalue weighted by molar-refractivity contribution is 0.0990. The third-order valence-electron chi connectivity index (χ3n) is 6.39. The fourth-order valence-electron chi connectivity index (χ4n) is 5.31. The minimum atomic E-state index is -0.166. The van der Waals surface area contributed by atoms with E-state index in [1.54, 1.807) is 30.3 Å². The Bertz CT molecular complexity index is 1020. The summed E-state index contributed by atoms with van der Waals surface area (Å²) in [6, 6.07) is 11.9. The van der Waals surface area contributed by atoms with Crippen molar-refractivity contribution in [2.24, 2.45) is 0 Å². The van der Waals surface area contributed by atoms with E-state index in [1.807, 2.05) is 0 Å². The van der Waals surface area contributed by atoms with E-state index in [4.69, 9.17) is 0 Å². The second-order valence-corrected chi connectivity index (χ2v) is 9.41. The van der Waals surface area contributed by atoms with Crippen molar-refractivity contribution >= 4 is 23.3 Å². The van der Waals surface area contributed by atoms with E-state index in [2.05, 4.69) is 58.6 Å². The fourth-order valence-corrected chi connectivity index (χ4v) is 5.31. The van der Waals surface area contributed by atoms with E-state index in [1.165, 1.54) is 11.3 Å². The molecule has 1 atom stereocenters. The quantitative estimate of drug-likeness (QED) is 0.471. The van der Waals surface area contributed by atoms with Crippen LogP contribution in [-0.4, -0.2) is 23.1 Å². The minimum Gasteiger partial charge on any atom is -0.364 e. The van der Waals surface area contributed by atoms with Gasteiger partial charge in [0.25, 0.3) is 0 Å². The normalized spacial score (nSPS) is 20.2. The zero-order valence-corrected chi connectivity index (χ0v) is 18.2. The van der Waals surface area contributed by atoms with Crippen molar-refractivity contribution in [3.63, 3.8) is 0 Å². The van der Waals surface area contributed by atoms with E-state index in [-0.39, 0.29) is 22.7 Å². The third-order valence-corrected chi connectivity index (χ3v) is 6.39. The first-order valence-electron chi connectivity index (χ1n) is 10.5. The van der Waals surface area contributed by atoms with E-state index in [9.17, 15) is 9.59 Å². The minimum absolute atomic E-state index is 0.0893. The lowest BCUT2D eigenvalue weighted by Crippen LogP contribution is -2.51. The molecule has 3 nitrogen and oxygen atoms in total. The van der Waals surface area contributed by atoms with Crippen LogP contribution in [0, 0.1) is 6.92 Å². The number of aryl methyl sites for hydroxylation is 1. The Balaban J connectivity index is 1.83. The summed E-state index contributed by atoms with van der Waals surface area (Å²) in [5, 5.41) is 0. The molecule has 0 saturated carbocycles. The van der Waals surface area contributed by atoms with Crippen molar-refractivity contribution in [2.75, 3.05) is 4.90 Å². The number of carbonyl (C=O) groups excluding carboxylic acids is 2. The summed E-state index contributed by atoms with van der Waals surface area (Å²) < 4.78 is 0. The Labute approximate surface area is 173 Å². The van der Waals surface area contributed by atoms with Crippen molar-refractivity contribution in [3.8, 4) is 0 Å². The van der Waals surface area contributed by atoms with Gasteiger partial charge < -0.3 is 4.90 Å². The smallest absolute Gasteiger partial charge is 0.197 e. The molecule has 2 aliphatic rings. The Kier molecular flexibility index (Phi) is 4.53.